The number of carbonyl (C=O) groups is 3. The predicted octanol–water partition coefficient (Wildman–Crippen LogP) is 3.68. The predicted molar refractivity (Wildman–Crippen MR) is 97.1 cm³/mol. The summed E-state index contributed by atoms with van der Waals surface area (Å²) in [5.41, 5.74) is 1.92. The first-order chi connectivity index (χ1) is 12.2. The fourth-order valence-electron chi connectivity index (χ4n) is 2.71. The normalized spacial score (nSPS) is 11.7. The van der Waals surface area contributed by atoms with E-state index in [2.05, 4.69) is 4.98 Å². The molecule has 1 aromatic carbocycles. The van der Waals surface area contributed by atoms with Gasteiger partial charge < -0.3 is 14.5 Å². The van der Waals surface area contributed by atoms with Crippen molar-refractivity contribution in [2.45, 2.75) is 33.8 Å². The van der Waals surface area contributed by atoms with E-state index in [9.17, 15) is 14.4 Å². The lowest BCUT2D eigenvalue weighted by atomic mass is 10.0. The van der Waals surface area contributed by atoms with E-state index in [-0.39, 0.29) is 18.1 Å². The van der Waals surface area contributed by atoms with E-state index in [1.807, 2.05) is 0 Å². The number of nitrogens with one attached hydrogen (secondary N) is 1. The van der Waals surface area contributed by atoms with Crippen LogP contribution in [0.1, 0.15) is 46.0 Å². The summed E-state index contributed by atoms with van der Waals surface area (Å²) in [5.74, 6) is -0.794. The number of halogens is 1. The van der Waals surface area contributed by atoms with Crippen LogP contribution in [-0.2, 0) is 9.53 Å². The van der Waals surface area contributed by atoms with E-state index >= 15 is 0 Å². The molecule has 0 aliphatic rings. The lowest BCUT2D eigenvalue weighted by molar-refractivity contribution is -0.148. The van der Waals surface area contributed by atoms with Crippen LogP contribution in [0.5, 0.6) is 5.75 Å². The van der Waals surface area contributed by atoms with Crippen LogP contribution in [0.3, 0.4) is 0 Å². The van der Waals surface area contributed by atoms with Crippen LogP contribution in [0.4, 0.5) is 0 Å². The minimum absolute atomic E-state index is 0.130. The Morgan fingerprint density at radius 2 is 1.92 bits per heavy atom. The van der Waals surface area contributed by atoms with Gasteiger partial charge in [0.2, 0.25) is 5.78 Å². The van der Waals surface area contributed by atoms with Crippen LogP contribution < -0.4 is 4.74 Å². The Labute approximate surface area is 156 Å². The minimum Gasteiger partial charge on any atom is -0.482 e. The van der Waals surface area contributed by atoms with Crippen LogP contribution in [-0.4, -0.2) is 35.2 Å². The van der Waals surface area contributed by atoms with E-state index in [1.54, 1.807) is 38.1 Å². The van der Waals surface area contributed by atoms with Crippen molar-refractivity contribution in [2.24, 2.45) is 0 Å². The Bertz CT molecular complexity index is 856. The molecule has 1 aromatic heterocycles. The van der Waals surface area contributed by atoms with Crippen molar-refractivity contribution in [3.05, 3.63) is 51.8 Å². The summed E-state index contributed by atoms with van der Waals surface area (Å²) in [7, 11) is 0. The van der Waals surface area contributed by atoms with Gasteiger partial charge in [-0.05, 0) is 51.5 Å². The second-order valence-corrected chi connectivity index (χ2v) is 6.36. The average Bonchev–Trinajstić information content (AvgIpc) is 2.86. The van der Waals surface area contributed by atoms with Crippen LogP contribution in [0.2, 0.25) is 5.02 Å². The molecule has 7 heteroatoms. The molecule has 0 aliphatic carbocycles. The zero-order valence-corrected chi connectivity index (χ0v) is 15.8. The van der Waals surface area contributed by atoms with Crippen LogP contribution in [0, 0.1) is 13.8 Å². The Kier molecular flexibility index (Phi) is 6.21. The van der Waals surface area contributed by atoms with Crippen molar-refractivity contribution in [1.29, 1.82) is 0 Å². The van der Waals surface area contributed by atoms with Gasteiger partial charge in [-0.1, -0.05) is 17.7 Å². The third-order valence-corrected chi connectivity index (χ3v) is 4.10. The number of ether oxygens (including phenoxy) is 2. The number of H-pyrrole nitrogens is 1. The van der Waals surface area contributed by atoms with Crippen molar-refractivity contribution in [3.8, 4) is 5.75 Å². The summed E-state index contributed by atoms with van der Waals surface area (Å²) in [6.45, 7) is 5.97. The zero-order valence-electron chi connectivity index (χ0n) is 15.0. The summed E-state index contributed by atoms with van der Waals surface area (Å²) >= 11 is 5.84. The molecule has 0 fully saturated rings. The number of aromatic amines is 1. The zero-order chi connectivity index (χ0) is 19.4. The van der Waals surface area contributed by atoms with Crippen molar-refractivity contribution < 1.29 is 23.9 Å². The molecule has 138 valence electrons. The highest BCUT2D eigenvalue weighted by Crippen LogP contribution is 2.21. The molecule has 1 atom stereocenters. The maximum Gasteiger partial charge on any atom is 0.344 e. The van der Waals surface area contributed by atoms with E-state index in [1.165, 1.54) is 13.8 Å². The lowest BCUT2D eigenvalue weighted by Gasteiger charge is -2.13. The third-order valence-electron chi connectivity index (χ3n) is 3.87. The molecule has 6 nitrogen and oxygen atoms in total. The number of Topliss-reactive ketones (excluding diaryl/α,β-unsaturated/α-hetero) is 2. The van der Waals surface area contributed by atoms with Crippen molar-refractivity contribution in [1.82, 2.24) is 4.98 Å². The number of rotatable bonds is 7. The number of carbonyl (C=O) groups excluding carboxylic acids is 3. The molecule has 0 aliphatic heterocycles. The van der Waals surface area contributed by atoms with Crippen LogP contribution >= 0.6 is 11.6 Å². The molecule has 0 spiro atoms. The van der Waals surface area contributed by atoms with Gasteiger partial charge >= 0.3 is 5.97 Å². The second-order valence-electron chi connectivity index (χ2n) is 5.92. The monoisotopic (exact) mass is 377 g/mol. The summed E-state index contributed by atoms with van der Waals surface area (Å²) in [6, 6.07) is 6.60. The molecular formula is C19H20ClNO5. The number of aryl methyl sites for hydroxylation is 1. The van der Waals surface area contributed by atoms with Crippen molar-refractivity contribution >= 4 is 29.1 Å². The van der Waals surface area contributed by atoms with Gasteiger partial charge in [0.25, 0.3) is 0 Å². The van der Waals surface area contributed by atoms with Gasteiger partial charge in [0, 0.05) is 16.3 Å². The number of aromatic nitrogens is 1. The molecule has 1 N–H and O–H groups in total. The van der Waals surface area contributed by atoms with Gasteiger partial charge in [-0.15, -0.1) is 0 Å². The third kappa shape index (κ3) is 4.52. The largest absolute Gasteiger partial charge is 0.482 e. The first kappa shape index (κ1) is 19.7. The lowest BCUT2D eigenvalue weighted by Crippen LogP contribution is -2.28. The van der Waals surface area contributed by atoms with Gasteiger partial charge in [-0.3, -0.25) is 9.59 Å². The Morgan fingerprint density at radius 3 is 2.50 bits per heavy atom. The summed E-state index contributed by atoms with van der Waals surface area (Å²) < 4.78 is 10.4. The van der Waals surface area contributed by atoms with Crippen LogP contribution in [0.25, 0.3) is 0 Å². The summed E-state index contributed by atoms with van der Waals surface area (Å²) in [6.07, 6.45) is -1.01. The molecule has 2 rings (SSSR count). The van der Waals surface area contributed by atoms with Gasteiger partial charge in [0.05, 0.1) is 5.69 Å². The van der Waals surface area contributed by atoms with Gasteiger partial charge in [0.15, 0.2) is 18.5 Å². The number of hydrogen-bond donors (Lipinski definition) is 1. The maximum atomic E-state index is 12.5. The smallest absolute Gasteiger partial charge is 0.344 e. The molecule has 2 aromatic rings. The molecule has 26 heavy (non-hydrogen) atoms. The fourth-order valence-corrected chi connectivity index (χ4v) is 2.89. The molecule has 0 saturated carbocycles. The highest BCUT2D eigenvalue weighted by atomic mass is 35.5. The van der Waals surface area contributed by atoms with E-state index in [0.29, 0.717) is 27.6 Å². The first-order valence-electron chi connectivity index (χ1n) is 8.02. The van der Waals surface area contributed by atoms with Crippen LogP contribution in [0.15, 0.2) is 24.3 Å². The maximum absolute atomic E-state index is 12.5. The molecule has 0 saturated heterocycles. The standard InChI is InChI=1S/C19H20ClNO5/c1-10-17(12(3)22)11(2)21-18(10)19(24)13(4)26-16(23)9-25-15-7-5-6-14(20)8-15/h5-8,13,21H,9H2,1-4H3. The minimum atomic E-state index is -1.01. The van der Waals surface area contributed by atoms with Gasteiger partial charge in [-0.2, -0.15) is 0 Å². The summed E-state index contributed by atoms with van der Waals surface area (Å²) in [5, 5.41) is 0.485. The van der Waals surface area contributed by atoms with Gasteiger partial charge in [0.1, 0.15) is 5.75 Å². The number of hydrogen-bond acceptors (Lipinski definition) is 5. The van der Waals surface area contributed by atoms with Crippen molar-refractivity contribution in [2.75, 3.05) is 6.61 Å². The average molecular weight is 378 g/mol. The molecule has 0 amide bonds. The topological polar surface area (TPSA) is 85.5 Å². The van der Waals surface area contributed by atoms with E-state index < -0.39 is 17.9 Å². The first-order valence-corrected chi connectivity index (χ1v) is 8.40. The van der Waals surface area contributed by atoms with E-state index in [0.717, 1.165) is 0 Å². The molecule has 0 radical (unpaired) electrons. The Morgan fingerprint density at radius 1 is 1.23 bits per heavy atom. The molecular weight excluding hydrogens is 358 g/mol. The molecule has 1 heterocycles. The quantitative estimate of drug-likeness (QED) is 0.587. The SMILES string of the molecule is CC(=O)c1c(C)[nH]c(C(=O)C(C)OC(=O)COc2cccc(Cl)c2)c1C. The number of benzene rings is 1. The number of esters is 1. The Balaban J connectivity index is 1.99. The fraction of sp³-hybridized carbons (Fsp3) is 0.316. The number of ketones is 2. The molecule has 0 bridgehead atoms. The highest BCUT2D eigenvalue weighted by Gasteiger charge is 2.26. The Hall–Kier alpha value is -2.60. The second kappa shape index (κ2) is 8.19. The molecule has 1 unspecified atom stereocenters. The van der Waals surface area contributed by atoms with Crippen molar-refractivity contribution in [3.63, 3.8) is 0 Å². The van der Waals surface area contributed by atoms with Gasteiger partial charge in [-0.25, -0.2) is 4.79 Å². The summed E-state index contributed by atoms with van der Waals surface area (Å²) in [4.78, 5) is 39.0. The van der Waals surface area contributed by atoms with E-state index in [4.69, 9.17) is 21.1 Å². The highest BCUT2D eigenvalue weighted by molar-refractivity contribution is 6.30.